The molecule has 1 aliphatic rings. The first kappa shape index (κ1) is 16.2. The zero-order valence-corrected chi connectivity index (χ0v) is 14.1. The highest BCUT2D eigenvalue weighted by Crippen LogP contribution is 2.60. The average Bonchev–Trinajstić information content (AvgIpc) is 3.30. The van der Waals surface area contributed by atoms with Crippen molar-refractivity contribution in [1.29, 1.82) is 0 Å². The molecule has 0 saturated heterocycles. The first-order valence-electron chi connectivity index (χ1n) is 8.67. The Kier molecular flexibility index (Phi) is 5.14. The van der Waals surface area contributed by atoms with Gasteiger partial charge in [-0.05, 0) is 42.7 Å². The first-order chi connectivity index (χ1) is 11.2. The molecule has 2 nitrogen and oxygen atoms in total. The molecule has 1 N–H and O–H groups in total. The highest BCUT2D eigenvalue weighted by atomic mass is 16.3. The predicted molar refractivity (Wildman–Crippen MR) is 95.7 cm³/mol. The molecule has 2 aromatic carbocycles. The van der Waals surface area contributed by atoms with E-state index in [1.54, 1.807) is 0 Å². The monoisotopic (exact) mass is 309 g/mol. The maximum atomic E-state index is 9.34. The third-order valence-electron chi connectivity index (χ3n) is 5.10. The lowest BCUT2D eigenvalue weighted by molar-refractivity contribution is 0.159. The molecule has 1 aliphatic carbocycles. The van der Waals surface area contributed by atoms with Gasteiger partial charge in [-0.3, -0.25) is 4.90 Å². The van der Waals surface area contributed by atoms with Gasteiger partial charge in [-0.25, -0.2) is 0 Å². The van der Waals surface area contributed by atoms with Crippen LogP contribution in [0.25, 0.3) is 0 Å². The molecule has 0 heterocycles. The van der Waals surface area contributed by atoms with Crippen molar-refractivity contribution in [3.63, 3.8) is 0 Å². The largest absolute Gasteiger partial charge is 0.395 e. The third kappa shape index (κ3) is 3.65. The van der Waals surface area contributed by atoms with Crippen LogP contribution in [0.15, 0.2) is 60.7 Å². The van der Waals surface area contributed by atoms with Crippen LogP contribution in [0, 0.1) is 5.92 Å². The van der Waals surface area contributed by atoms with Crippen LogP contribution in [0.4, 0.5) is 0 Å². The van der Waals surface area contributed by atoms with Crippen LogP contribution in [0.5, 0.6) is 0 Å². The Morgan fingerprint density at radius 3 is 1.74 bits per heavy atom. The number of hydrogen-bond donors (Lipinski definition) is 1. The topological polar surface area (TPSA) is 23.5 Å². The molecule has 0 spiro atoms. The summed E-state index contributed by atoms with van der Waals surface area (Å²) in [5, 5.41) is 9.34. The second kappa shape index (κ2) is 7.29. The highest BCUT2D eigenvalue weighted by molar-refractivity contribution is 5.39. The molecular weight excluding hydrogens is 282 g/mol. The zero-order valence-electron chi connectivity index (χ0n) is 14.1. The van der Waals surface area contributed by atoms with E-state index in [0.29, 0.717) is 23.8 Å². The fourth-order valence-corrected chi connectivity index (χ4v) is 3.82. The minimum atomic E-state index is 0.233. The molecule has 0 bridgehead atoms. The molecule has 0 radical (unpaired) electrons. The van der Waals surface area contributed by atoms with Crippen LogP contribution in [0.3, 0.4) is 0 Å². The molecule has 2 heteroatoms. The van der Waals surface area contributed by atoms with Gasteiger partial charge in [0.1, 0.15) is 0 Å². The summed E-state index contributed by atoms with van der Waals surface area (Å²) in [5.74, 6) is 1.82. The van der Waals surface area contributed by atoms with Crippen LogP contribution >= 0.6 is 0 Å². The summed E-state index contributed by atoms with van der Waals surface area (Å²) in [7, 11) is 0. The van der Waals surface area contributed by atoms with E-state index >= 15 is 0 Å². The average molecular weight is 309 g/mol. The molecule has 1 saturated carbocycles. The van der Waals surface area contributed by atoms with E-state index < -0.39 is 0 Å². The summed E-state index contributed by atoms with van der Waals surface area (Å²) in [6.45, 7) is 6.48. The maximum absolute atomic E-state index is 9.34. The SMILES string of the molecule is CC(C)N(CCO)CC1C(c2ccccc2)C1c1ccccc1. The summed E-state index contributed by atoms with van der Waals surface area (Å²) in [5.41, 5.74) is 2.89. The maximum Gasteiger partial charge on any atom is 0.0558 e. The van der Waals surface area contributed by atoms with Crippen LogP contribution in [-0.4, -0.2) is 35.7 Å². The van der Waals surface area contributed by atoms with Crippen molar-refractivity contribution in [3.8, 4) is 0 Å². The number of benzene rings is 2. The summed E-state index contributed by atoms with van der Waals surface area (Å²) in [6.07, 6.45) is 0. The van der Waals surface area contributed by atoms with Gasteiger partial charge in [0, 0.05) is 19.1 Å². The summed E-state index contributed by atoms with van der Waals surface area (Å²) in [6, 6.07) is 22.2. The summed E-state index contributed by atoms with van der Waals surface area (Å²) < 4.78 is 0. The molecule has 2 unspecified atom stereocenters. The van der Waals surface area contributed by atoms with Gasteiger partial charge >= 0.3 is 0 Å². The Morgan fingerprint density at radius 1 is 0.870 bits per heavy atom. The second-order valence-electron chi connectivity index (χ2n) is 6.85. The van der Waals surface area contributed by atoms with Crippen molar-refractivity contribution < 1.29 is 5.11 Å². The summed E-state index contributed by atoms with van der Waals surface area (Å²) in [4.78, 5) is 2.41. The third-order valence-corrected chi connectivity index (χ3v) is 5.10. The number of rotatable bonds is 7. The lowest BCUT2D eigenvalue weighted by Gasteiger charge is -2.25. The van der Waals surface area contributed by atoms with Gasteiger partial charge in [-0.2, -0.15) is 0 Å². The standard InChI is InChI=1S/C21H27NO/c1-16(2)22(13-14-23)15-19-20(17-9-5-3-6-10-17)21(19)18-11-7-4-8-12-18/h3-12,16,19-21,23H,13-15H2,1-2H3. The molecule has 0 aromatic heterocycles. The number of hydrogen-bond acceptors (Lipinski definition) is 2. The van der Waals surface area contributed by atoms with Gasteiger partial charge < -0.3 is 5.11 Å². The fourth-order valence-electron chi connectivity index (χ4n) is 3.82. The number of nitrogens with zero attached hydrogens (tertiary/aromatic N) is 1. The molecule has 122 valence electrons. The number of aliphatic hydroxyl groups is 1. The lowest BCUT2D eigenvalue weighted by Crippen LogP contribution is -2.35. The van der Waals surface area contributed by atoms with Crippen molar-refractivity contribution in [2.75, 3.05) is 19.7 Å². The Hall–Kier alpha value is -1.64. The van der Waals surface area contributed by atoms with Crippen LogP contribution < -0.4 is 0 Å². The van der Waals surface area contributed by atoms with Gasteiger partial charge in [0.15, 0.2) is 0 Å². The first-order valence-corrected chi connectivity index (χ1v) is 8.67. The van der Waals surface area contributed by atoms with E-state index in [0.717, 1.165) is 13.1 Å². The van der Waals surface area contributed by atoms with Gasteiger partial charge in [0.25, 0.3) is 0 Å². The molecule has 0 amide bonds. The van der Waals surface area contributed by atoms with Gasteiger partial charge in [0.2, 0.25) is 0 Å². The second-order valence-corrected chi connectivity index (χ2v) is 6.85. The van der Waals surface area contributed by atoms with Crippen molar-refractivity contribution >= 4 is 0 Å². The van der Waals surface area contributed by atoms with Gasteiger partial charge in [-0.15, -0.1) is 0 Å². The van der Waals surface area contributed by atoms with E-state index in [1.807, 2.05) is 0 Å². The van der Waals surface area contributed by atoms with E-state index in [1.165, 1.54) is 11.1 Å². The Bertz CT molecular complexity index is 550. The Balaban J connectivity index is 1.81. The minimum Gasteiger partial charge on any atom is -0.395 e. The van der Waals surface area contributed by atoms with Crippen LogP contribution in [0.2, 0.25) is 0 Å². The molecular formula is C21H27NO. The van der Waals surface area contributed by atoms with Crippen LogP contribution in [0.1, 0.15) is 36.8 Å². The normalized spacial score (nSPS) is 23.4. The van der Waals surface area contributed by atoms with Gasteiger partial charge in [0.05, 0.1) is 6.61 Å². The van der Waals surface area contributed by atoms with Gasteiger partial charge in [-0.1, -0.05) is 60.7 Å². The molecule has 23 heavy (non-hydrogen) atoms. The molecule has 1 fully saturated rings. The molecule has 2 aromatic rings. The highest BCUT2D eigenvalue weighted by Gasteiger charge is 2.51. The van der Waals surface area contributed by atoms with E-state index in [2.05, 4.69) is 79.4 Å². The lowest BCUT2D eigenvalue weighted by atomic mass is 10.0. The molecule has 2 atom stereocenters. The zero-order chi connectivity index (χ0) is 16.2. The van der Waals surface area contributed by atoms with Crippen molar-refractivity contribution in [3.05, 3.63) is 71.8 Å². The fraction of sp³-hybridized carbons (Fsp3) is 0.429. The number of aliphatic hydroxyl groups excluding tert-OH is 1. The summed E-state index contributed by atoms with van der Waals surface area (Å²) >= 11 is 0. The van der Waals surface area contributed by atoms with E-state index in [9.17, 15) is 5.11 Å². The van der Waals surface area contributed by atoms with E-state index in [-0.39, 0.29) is 6.61 Å². The quantitative estimate of drug-likeness (QED) is 0.839. The smallest absolute Gasteiger partial charge is 0.0558 e. The predicted octanol–water partition coefficient (Wildman–Crippen LogP) is 3.89. The molecule has 0 aliphatic heterocycles. The van der Waals surface area contributed by atoms with E-state index in [4.69, 9.17) is 0 Å². The molecule has 3 rings (SSSR count). The Labute approximate surface area is 139 Å². The van der Waals surface area contributed by atoms with Crippen LogP contribution in [-0.2, 0) is 0 Å². The Morgan fingerprint density at radius 2 is 1.35 bits per heavy atom. The minimum absolute atomic E-state index is 0.233. The van der Waals surface area contributed by atoms with Crippen molar-refractivity contribution in [1.82, 2.24) is 4.90 Å². The van der Waals surface area contributed by atoms with Crippen molar-refractivity contribution in [2.24, 2.45) is 5.92 Å². The van der Waals surface area contributed by atoms with Crippen molar-refractivity contribution in [2.45, 2.75) is 31.7 Å².